The number of hydrogen-bond donors (Lipinski definition) is 0. The molecule has 0 saturated carbocycles. The Hall–Kier alpha value is -1.04. The summed E-state index contributed by atoms with van der Waals surface area (Å²) in [4.78, 5) is 0. The Bertz CT molecular complexity index is 428. The molecule has 0 saturated heterocycles. The summed E-state index contributed by atoms with van der Waals surface area (Å²) < 4.78 is 0. The van der Waals surface area contributed by atoms with Gasteiger partial charge in [-0.15, -0.1) is 0 Å². The summed E-state index contributed by atoms with van der Waals surface area (Å²) in [6.07, 6.45) is 16.8. The average Bonchev–Trinajstić information content (AvgIpc) is 2.46. The van der Waals surface area contributed by atoms with Gasteiger partial charge in [-0.05, 0) is 55.2 Å². The first-order valence-electron chi connectivity index (χ1n) is 8.58. The third-order valence-electron chi connectivity index (χ3n) is 4.67. The molecule has 0 aromatic heterocycles. The topological polar surface area (TPSA) is 0 Å². The SMILES string of the molecule is CC=Cc1ccc2c(c1)CCCCCC(CCC)CC2. The Labute approximate surface area is 125 Å². The fourth-order valence-electron chi connectivity index (χ4n) is 3.54. The van der Waals surface area contributed by atoms with Crippen LogP contribution in [0.1, 0.15) is 75.5 Å². The minimum atomic E-state index is 0.959. The number of hydrogen-bond acceptors (Lipinski definition) is 0. The second-order valence-corrected chi connectivity index (χ2v) is 6.32. The summed E-state index contributed by atoms with van der Waals surface area (Å²) in [5.41, 5.74) is 4.59. The number of rotatable bonds is 3. The molecule has 0 aliphatic heterocycles. The van der Waals surface area contributed by atoms with Crippen LogP contribution in [0.4, 0.5) is 0 Å². The molecule has 20 heavy (non-hydrogen) atoms. The molecular weight excluding hydrogens is 240 g/mol. The number of benzene rings is 1. The van der Waals surface area contributed by atoms with Crippen LogP contribution in [0.2, 0.25) is 0 Å². The summed E-state index contributed by atoms with van der Waals surface area (Å²) >= 11 is 0. The summed E-state index contributed by atoms with van der Waals surface area (Å²) in [7, 11) is 0. The van der Waals surface area contributed by atoms with E-state index in [2.05, 4.69) is 44.2 Å². The van der Waals surface area contributed by atoms with Gasteiger partial charge in [-0.2, -0.15) is 0 Å². The van der Waals surface area contributed by atoms with Crippen molar-refractivity contribution in [3.63, 3.8) is 0 Å². The Balaban J connectivity index is 2.13. The van der Waals surface area contributed by atoms with Crippen LogP contribution in [0.5, 0.6) is 0 Å². The first-order chi connectivity index (χ1) is 9.83. The molecule has 0 nitrogen and oxygen atoms in total. The van der Waals surface area contributed by atoms with E-state index in [0.29, 0.717) is 0 Å². The van der Waals surface area contributed by atoms with Gasteiger partial charge in [0, 0.05) is 0 Å². The van der Waals surface area contributed by atoms with Crippen molar-refractivity contribution in [1.82, 2.24) is 0 Å². The van der Waals surface area contributed by atoms with E-state index in [1.807, 2.05) is 0 Å². The van der Waals surface area contributed by atoms with Gasteiger partial charge in [-0.1, -0.05) is 69.4 Å². The minimum Gasteiger partial charge on any atom is -0.0871 e. The zero-order valence-corrected chi connectivity index (χ0v) is 13.3. The Morgan fingerprint density at radius 3 is 2.75 bits per heavy atom. The van der Waals surface area contributed by atoms with Crippen LogP contribution in [-0.2, 0) is 12.8 Å². The standard InChI is InChI=1S/C20H30/c1-3-8-17-10-6-5-7-11-20-16-18(9-4-2)13-15-19(20)14-12-17/h4,9,13,15-17H,3,5-8,10-12,14H2,1-2H3. The molecule has 1 aromatic carbocycles. The van der Waals surface area contributed by atoms with Crippen LogP contribution in [0.3, 0.4) is 0 Å². The zero-order valence-electron chi connectivity index (χ0n) is 13.3. The Morgan fingerprint density at radius 1 is 1.05 bits per heavy atom. The monoisotopic (exact) mass is 270 g/mol. The predicted molar refractivity (Wildman–Crippen MR) is 90.0 cm³/mol. The lowest BCUT2D eigenvalue weighted by Crippen LogP contribution is -2.06. The van der Waals surface area contributed by atoms with Crippen molar-refractivity contribution in [1.29, 1.82) is 0 Å². The van der Waals surface area contributed by atoms with Crippen LogP contribution in [0.25, 0.3) is 6.08 Å². The second kappa shape index (κ2) is 8.29. The smallest absolute Gasteiger partial charge is 0.0257 e. The quantitative estimate of drug-likeness (QED) is 0.614. The van der Waals surface area contributed by atoms with Crippen molar-refractivity contribution in [3.05, 3.63) is 41.0 Å². The van der Waals surface area contributed by atoms with Crippen LogP contribution in [0.15, 0.2) is 24.3 Å². The first-order valence-corrected chi connectivity index (χ1v) is 8.58. The largest absolute Gasteiger partial charge is 0.0871 e. The summed E-state index contributed by atoms with van der Waals surface area (Å²) in [6, 6.07) is 7.10. The molecular formula is C20H30. The maximum absolute atomic E-state index is 2.42. The van der Waals surface area contributed by atoms with Gasteiger partial charge in [-0.3, -0.25) is 0 Å². The van der Waals surface area contributed by atoms with E-state index in [4.69, 9.17) is 0 Å². The van der Waals surface area contributed by atoms with Gasteiger partial charge in [0.15, 0.2) is 0 Å². The fourth-order valence-corrected chi connectivity index (χ4v) is 3.54. The summed E-state index contributed by atoms with van der Waals surface area (Å²) in [5, 5.41) is 0. The highest BCUT2D eigenvalue weighted by Crippen LogP contribution is 2.26. The van der Waals surface area contributed by atoms with E-state index in [0.717, 1.165) is 5.92 Å². The number of allylic oxidation sites excluding steroid dienone is 1. The Morgan fingerprint density at radius 2 is 1.95 bits per heavy atom. The maximum Gasteiger partial charge on any atom is -0.0257 e. The fraction of sp³-hybridized carbons (Fsp3) is 0.600. The highest BCUT2D eigenvalue weighted by Gasteiger charge is 2.12. The lowest BCUT2D eigenvalue weighted by Gasteiger charge is -2.19. The summed E-state index contributed by atoms with van der Waals surface area (Å²) in [5.74, 6) is 0.959. The molecule has 1 unspecified atom stereocenters. The first kappa shape index (κ1) is 15.4. The van der Waals surface area contributed by atoms with Gasteiger partial charge in [0.25, 0.3) is 0 Å². The molecule has 1 aromatic rings. The molecule has 1 aliphatic rings. The molecule has 0 radical (unpaired) electrons. The third kappa shape index (κ3) is 4.51. The average molecular weight is 270 g/mol. The number of aryl methyl sites for hydroxylation is 2. The molecule has 0 bridgehead atoms. The van der Waals surface area contributed by atoms with Crippen LogP contribution in [-0.4, -0.2) is 0 Å². The third-order valence-corrected chi connectivity index (χ3v) is 4.67. The van der Waals surface area contributed by atoms with Crippen molar-refractivity contribution >= 4 is 6.08 Å². The van der Waals surface area contributed by atoms with Gasteiger partial charge in [0.1, 0.15) is 0 Å². The van der Waals surface area contributed by atoms with Crippen LogP contribution >= 0.6 is 0 Å². The van der Waals surface area contributed by atoms with E-state index < -0.39 is 0 Å². The van der Waals surface area contributed by atoms with Gasteiger partial charge >= 0.3 is 0 Å². The van der Waals surface area contributed by atoms with E-state index >= 15 is 0 Å². The molecule has 2 rings (SSSR count). The van der Waals surface area contributed by atoms with Gasteiger partial charge < -0.3 is 0 Å². The summed E-state index contributed by atoms with van der Waals surface area (Å²) in [6.45, 7) is 4.43. The Kier molecular flexibility index (Phi) is 6.36. The molecule has 0 heteroatoms. The normalized spacial score (nSPS) is 20.8. The predicted octanol–water partition coefficient (Wildman–Crippen LogP) is 6.19. The maximum atomic E-state index is 2.42. The highest BCUT2D eigenvalue weighted by molar-refractivity contribution is 5.51. The van der Waals surface area contributed by atoms with Crippen LogP contribution < -0.4 is 0 Å². The van der Waals surface area contributed by atoms with Crippen molar-refractivity contribution < 1.29 is 0 Å². The highest BCUT2D eigenvalue weighted by atomic mass is 14.2. The van der Waals surface area contributed by atoms with E-state index in [-0.39, 0.29) is 0 Å². The molecule has 0 N–H and O–H groups in total. The molecule has 1 atom stereocenters. The van der Waals surface area contributed by atoms with Gasteiger partial charge in [-0.25, -0.2) is 0 Å². The van der Waals surface area contributed by atoms with Crippen molar-refractivity contribution in [3.8, 4) is 0 Å². The molecule has 110 valence electrons. The van der Waals surface area contributed by atoms with Crippen molar-refractivity contribution in [2.45, 2.75) is 71.6 Å². The zero-order chi connectivity index (χ0) is 14.2. The lowest BCUT2D eigenvalue weighted by atomic mass is 9.86. The van der Waals surface area contributed by atoms with Crippen molar-refractivity contribution in [2.75, 3.05) is 0 Å². The molecule has 0 fully saturated rings. The van der Waals surface area contributed by atoms with Crippen molar-refractivity contribution in [2.24, 2.45) is 5.92 Å². The molecule has 0 amide bonds. The minimum absolute atomic E-state index is 0.959. The van der Waals surface area contributed by atoms with E-state index in [9.17, 15) is 0 Å². The number of fused-ring (bicyclic) bond motifs is 1. The van der Waals surface area contributed by atoms with Gasteiger partial charge in [0.05, 0.1) is 0 Å². The van der Waals surface area contributed by atoms with Gasteiger partial charge in [0.2, 0.25) is 0 Å². The molecule has 1 aliphatic carbocycles. The van der Waals surface area contributed by atoms with Crippen LogP contribution in [0, 0.1) is 5.92 Å². The second-order valence-electron chi connectivity index (χ2n) is 6.32. The molecule has 0 heterocycles. The molecule has 0 spiro atoms. The lowest BCUT2D eigenvalue weighted by molar-refractivity contribution is 0.392. The van der Waals surface area contributed by atoms with E-state index in [1.165, 1.54) is 63.4 Å². The van der Waals surface area contributed by atoms with E-state index in [1.54, 1.807) is 11.1 Å².